The Kier molecular flexibility index (Phi) is 3.54. The van der Waals surface area contributed by atoms with Crippen molar-refractivity contribution in [3.63, 3.8) is 0 Å². The third kappa shape index (κ3) is 2.53. The van der Waals surface area contributed by atoms with Crippen LogP contribution in [0.4, 0.5) is 4.39 Å². The minimum absolute atomic E-state index is 0.0801. The molecule has 0 aliphatic rings. The smallest absolute Gasteiger partial charge is 0.123 e. The summed E-state index contributed by atoms with van der Waals surface area (Å²) in [5, 5.41) is 3.09. The summed E-state index contributed by atoms with van der Waals surface area (Å²) < 4.78 is 15.2. The normalized spacial score (nSPS) is 12.6. The van der Waals surface area contributed by atoms with Gasteiger partial charge in [0.05, 0.1) is 18.1 Å². The predicted molar refractivity (Wildman–Crippen MR) is 65.2 cm³/mol. The van der Waals surface area contributed by atoms with E-state index in [1.165, 1.54) is 6.07 Å². The fraction of sp³-hybridized carbons (Fsp3) is 0.308. The molecule has 1 atom stereocenters. The highest BCUT2D eigenvalue weighted by Crippen LogP contribution is 2.20. The van der Waals surface area contributed by atoms with Crippen LogP contribution in [-0.2, 0) is 6.54 Å². The molecule has 0 spiro atoms. The zero-order chi connectivity index (χ0) is 12.3. The van der Waals surface area contributed by atoms with Gasteiger partial charge in [0.1, 0.15) is 5.82 Å². The maximum Gasteiger partial charge on any atom is 0.123 e. The maximum absolute atomic E-state index is 13.2. The molecule has 1 aromatic carbocycles. The third-order valence-electron chi connectivity index (χ3n) is 2.85. The van der Waals surface area contributed by atoms with Crippen molar-refractivity contribution in [1.82, 2.24) is 14.9 Å². The first-order valence-electron chi connectivity index (χ1n) is 5.63. The van der Waals surface area contributed by atoms with Crippen LogP contribution in [0.1, 0.15) is 24.2 Å². The zero-order valence-electron chi connectivity index (χ0n) is 10.0. The van der Waals surface area contributed by atoms with Crippen molar-refractivity contribution in [2.75, 3.05) is 7.05 Å². The molecule has 1 aromatic heterocycles. The molecular formula is C13H16FN3. The summed E-state index contributed by atoms with van der Waals surface area (Å²) in [6, 6.07) is 6.76. The van der Waals surface area contributed by atoms with Crippen LogP contribution in [0.25, 0.3) is 0 Å². The summed E-state index contributed by atoms with van der Waals surface area (Å²) in [5.74, 6) is -0.204. The molecule has 17 heavy (non-hydrogen) atoms. The van der Waals surface area contributed by atoms with Crippen LogP contribution in [0.3, 0.4) is 0 Å². The molecular weight excluding hydrogens is 217 g/mol. The van der Waals surface area contributed by atoms with Crippen molar-refractivity contribution in [2.24, 2.45) is 0 Å². The standard InChI is InChI=1S/C13H16FN3/c1-10(11-4-3-5-12(14)6-11)17-9-16-8-13(17)7-15-2/h3-6,8-10,15H,7H2,1-2H3. The molecule has 3 nitrogen and oxygen atoms in total. The van der Waals surface area contributed by atoms with Crippen LogP contribution >= 0.6 is 0 Å². The van der Waals surface area contributed by atoms with Crippen molar-refractivity contribution >= 4 is 0 Å². The Morgan fingerprint density at radius 1 is 1.47 bits per heavy atom. The first-order valence-corrected chi connectivity index (χ1v) is 5.63. The monoisotopic (exact) mass is 233 g/mol. The second-order valence-electron chi connectivity index (χ2n) is 4.05. The van der Waals surface area contributed by atoms with E-state index < -0.39 is 0 Å². The van der Waals surface area contributed by atoms with Gasteiger partial charge < -0.3 is 9.88 Å². The summed E-state index contributed by atoms with van der Waals surface area (Å²) in [7, 11) is 1.89. The van der Waals surface area contributed by atoms with Gasteiger partial charge in [-0.3, -0.25) is 0 Å². The minimum atomic E-state index is -0.204. The Morgan fingerprint density at radius 3 is 3.00 bits per heavy atom. The molecule has 2 rings (SSSR count). The SMILES string of the molecule is CNCc1cncn1C(C)c1cccc(F)c1. The quantitative estimate of drug-likeness (QED) is 0.878. The van der Waals surface area contributed by atoms with Gasteiger partial charge in [0.2, 0.25) is 0 Å². The molecule has 0 saturated heterocycles. The lowest BCUT2D eigenvalue weighted by molar-refractivity contribution is 0.580. The molecule has 90 valence electrons. The Bertz CT molecular complexity index is 493. The van der Waals surface area contributed by atoms with Crippen molar-refractivity contribution in [3.05, 3.63) is 53.9 Å². The molecule has 1 N–H and O–H groups in total. The average molecular weight is 233 g/mol. The van der Waals surface area contributed by atoms with E-state index in [1.807, 2.05) is 30.8 Å². The van der Waals surface area contributed by atoms with Gasteiger partial charge in [-0.2, -0.15) is 0 Å². The molecule has 2 aromatic rings. The van der Waals surface area contributed by atoms with E-state index in [1.54, 1.807) is 18.5 Å². The molecule has 0 radical (unpaired) electrons. The highest BCUT2D eigenvalue weighted by molar-refractivity contribution is 5.21. The molecule has 0 aliphatic carbocycles. The molecule has 0 saturated carbocycles. The second kappa shape index (κ2) is 5.10. The summed E-state index contributed by atoms with van der Waals surface area (Å²) in [6.45, 7) is 2.79. The van der Waals surface area contributed by atoms with E-state index in [2.05, 4.69) is 10.3 Å². The number of hydrogen-bond donors (Lipinski definition) is 1. The van der Waals surface area contributed by atoms with Gasteiger partial charge in [0.25, 0.3) is 0 Å². The van der Waals surface area contributed by atoms with E-state index in [0.717, 1.165) is 17.8 Å². The summed E-state index contributed by atoms with van der Waals surface area (Å²) in [6.07, 6.45) is 3.61. The van der Waals surface area contributed by atoms with Crippen LogP contribution in [0.15, 0.2) is 36.8 Å². The lowest BCUT2D eigenvalue weighted by atomic mass is 10.1. The van der Waals surface area contributed by atoms with Crippen molar-refractivity contribution in [3.8, 4) is 0 Å². The number of nitrogens with one attached hydrogen (secondary N) is 1. The Labute approximate surface area is 100 Å². The van der Waals surface area contributed by atoms with Crippen LogP contribution in [0.5, 0.6) is 0 Å². The van der Waals surface area contributed by atoms with Gasteiger partial charge in [0, 0.05) is 12.7 Å². The number of halogens is 1. The number of rotatable bonds is 4. The molecule has 0 fully saturated rings. The van der Waals surface area contributed by atoms with Crippen LogP contribution in [-0.4, -0.2) is 16.6 Å². The average Bonchev–Trinajstić information content (AvgIpc) is 2.77. The molecule has 4 heteroatoms. The second-order valence-corrected chi connectivity index (χ2v) is 4.05. The first-order chi connectivity index (χ1) is 8.22. The summed E-state index contributed by atoms with van der Waals surface area (Å²) in [4.78, 5) is 4.14. The number of nitrogens with zero attached hydrogens (tertiary/aromatic N) is 2. The minimum Gasteiger partial charge on any atom is -0.326 e. The topological polar surface area (TPSA) is 29.9 Å². The molecule has 0 amide bonds. The molecule has 1 unspecified atom stereocenters. The fourth-order valence-electron chi connectivity index (χ4n) is 1.93. The van der Waals surface area contributed by atoms with Crippen LogP contribution < -0.4 is 5.32 Å². The van der Waals surface area contributed by atoms with E-state index in [4.69, 9.17) is 0 Å². The maximum atomic E-state index is 13.2. The van der Waals surface area contributed by atoms with Crippen molar-refractivity contribution in [1.29, 1.82) is 0 Å². The van der Waals surface area contributed by atoms with E-state index >= 15 is 0 Å². The summed E-state index contributed by atoms with van der Waals surface area (Å²) >= 11 is 0. The highest BCUT2D eigenvalue weighted by Gasteiger charge is 2.11. The van der Waals surface area contributed by atoms with E-state index in [0.29, 0.717) is 0 Å². The van der Waals surface area contributed by atoms with Crippen molar-refractivity contribution in [2.45, 2.75) is 19.5 Å². The molecule has 0 bridgehead atoms. The predicted octanol–water partition coefficient (Wildman–Crippen LogP) is 2.35. The molecule has 1 heterocycles. The largest absolute Gasteiger partial charge is 0.326 e. The van der Waals surface area contributed by atoms with Gasteiger partial charge in [0.15, 0.2) is 0 Å². The zero-order valence-corrected chi connectivity index (χ0v) is 10.0. The van der Waals surface area contributed by atoms with Gasteiger partial charge in [-0.05, 0) is 31.7 Å². The van der Waals surface area contributed by atoms with Gasteiger partial charge in [-0.25, -0.2) is 9.37 Å². The van der Waals surface area contributed by atoms with Gasteiger partial charge >= 0.3 is 0 Å². The summed E-state index contributed by atoms with van der Waals surface area (Å²) in [5.41, 5.74) is 2.03. The van der Waals surface area contributed by atoms with E-state index in [-0.39, 0.29) is 11.9 Å². The Morgan fingerprint density at radius 2 is 2.29 bits per heavy atom. The lowest BCUT2D eigenvalue weighted by Gasteiger charge is -2.17. The van der Waals surface area contributed by atoms with Gasteiger partial charge in [-0.1, -0.05) is 12.1 Å². The number of aromatic nitrogens is 2. The fourth-order valence-corrected chi connectivity index (χ4v) is 1.93. The number of benzene rings is 1. The van der Waals surface area contributed by atoms with Gasteiger partial charge in [-0.15, -0.1) is 0 Å². The molecule has 0 aliphatic heterocycles. The van der Waals surface area contributed by atoms with Crippen LogP contribution in [0, 0.1) is 5.82 Å². The number of imidazole rings is 1. The Balaban J connectivity index is 2.30. The Hall–Kier alpha value is -1.68. The third-order valence-corrected chi connectivity index (χ3v) is 2.85. The lowest BCUT2D eigenvalue weighted by Crippen LogP contribution is -2.14. The number of hydrogen-bond acceptors (Lipinski definition) is 2. The van der Waals surface area contributed by atoms with E-state index in [9.17, 15) is 4.39 Å². The van der Waals surface area contributed by atoms with Crippen LogP contribution in [0.2, 0.25) is 0 Å². The van der Waals surface area contributed by atoms with Crippen molar-refractivity contribution < 1.29 is 4.39 Å². The highest BCUT2D eigenvalue weighted by atomic mass is 19.1. The first kappa shape index (κ1) is 11.8.